The monoisotopic (exact) mass is 349 g/mol. The fourth-order valence-corrected chi connectivity index (χ4v) is 2.69. The summed E-state index contributed by atoms with van der Waals surface area (Å²) in [6.45, 7) is 1.79. The number of hydrogen-bond donors (Lipinski definition) is 2. The Kier molecular flexibility index (Phi) is 4.80. The number of halogens is 1. The van der Waals surface area contributed by atoms with Crippen LogP contribution in [0.2, 0.25) is 0 Å². The molecular weight excluding hydrogens is 333 g/mol. The molecule has 0 bridgehead atoms. The van der Waals surface area contributed by atoms with Gasteiger partial charge in [-0.05, 0) is 53.1 Å². The quantitative estimate of drug-likeness (QED) is 0.670. The standard InChI is InChI=1S/C21H16FNO3/c1-13(15-7-6-14-4-2-3-5-16(14)11-15)10-20(24)23-19-12-17(22)8-9-18(19)21(25)26/h2-12H,1H3,(H,23,24)(H,25,26)/b13-10-. The maximum Gasteiger partial charge on any atom is 0.337 e. The second-order valence-corrected chi connectivity index (χ2v) is 5.87. The molecule has 0 unspecified atom stereocenters. The van der Waals surface area contributed by atoms with Gasteiger partial charge in [0, 0.05) is 6.08 Å². The van der Waals surface area contributed by atoms with Crippen LogP contribution in [-0.2, 0) is 4.79 Å². The van der Waals surface area contributed by atoms with Crippen molar-refractivity contribution in [3.05, 3.63) is 83.7 Å². The molecule has 130 valence electrons. The largest absolute Gasteiger partial charge is 0.478 e. The van der Waals surface area contributed by atoms with Crippen molar-refractivity contribution < 1.29 is 19.1 Å². The predicted octanol–water partition coefficient (Wildman–Crippen LogP) is 4.72. The highest BCUT2D eigenvalue weighted by molar-refractivity contribution is 6.07. The van der Waals surface area contributed by atoms with Gasteiger partial charge in [0.15, 0.2) is 0 Å². The van der Waals surface area contributed by atoms with Crippen LogP contribution in [-0.4, -0.2) is 17.0 Å². The first kappa shape index (κ1) is 17.4. The highest BCUT2D eigenvalue weighted by Gasteiger charge is 2.13. The van der Waals surface area contributed by atoms with Crippen LogP contribution in [0, 0.1) is 5.82 Å². The Labute approximate surface area is 149 Å². The lowest BCUT2D eigenvalue weighted by atomic mass is 10.0. The van der Waals surface area contributed by atoms with Gasteiger partial charge in [-0.15, -0.1) is 0 Å². The smallest absolute Gasteiger partial charge is 0.337 e. The molecule has 2 N–H and O–H groups in total. The van der Waals surface area contributed by atoms with Crippen LogP contribution in [0.5, 0.6) is 0 Å². The van der Waals surface area contributed by atoms with Crippen LogP contribution < -0.4 is 5.32 Å². The Bertz CT molecular complexity index is 1040. The molecule has 1 amide bonds. The number of carboxylic acid groups (broad SMARTS) is 1. The zero-order chi connectivity index (χ0) is 18.7. The average Bonchev–Trinajstić information content (AvgIpc) is 2.61. The summed E-state index contributed by atoms with van der Waals surface area (Å²) in [4.78, 5) is 23.4. The summed E-state index contributed by atoms with van der Waals surface area (Å²) in [6.07, 6.45) is 1.36. The van der Waals surface area contributed by atoms with E-state index < -0.39 is 17.7 Å². The molecule has 5 heteroatoms. The molecule has 0 aliphatic rings. The Morgan fingerprint density at radius 3 is 2.46 bits per heavy atom. The van der Waals surface area contributed by atoms with Crippen molar-refractivity contribution in [1.82, 2.24) is 0 Å². The first-order valence-corrected chi connectivity index (χ1v) is 7.95. The van der Waals surface area contributed by atoms with Gasteiger partial charge < -0.3 is 10.4 Å². The van der Waals surface area contributed by atoms with Gasteiger partial charge in [0.05, 0.1) is 11.3 Å². The van der Waals surface area contributed by atoms with Crippen LogP contribution in [0.1, 0.15) is 22.8 Å². The highest BCUT2D eigenvalue weighted by atomic mass is 19.1. The maximum absolute atomic E-state index is 13.4. The normalized spacial score (nSPS) is 11.4. The van der Waals surface area contributed by atoms with Gasteiger partial charge in [-0.1, -0.05) is 36.4 Å². The minimum Gasteiger partial charge on any atom is -0.478 e. The lowest BCUT2D eigenvalue weighted by Gasteiger charge is -2.08. The van der Waals surface area contributed by atoms with Crippen molar-refractivity contribution in [3.63, 3.8) is 0 Å². The van der Waals surface area contributed by atoms with Gasteiger partial charge in [-0.25, -0.2) is 9.18 Å². The number of rotatable bonds is 4. The van der Waals surface area contributed by atoms with E-state index in [0.29, 0.717) is 5.57 Å². The van der Waals surface area contributed by atoms with Crippen LogP contribution >= 0.6 is 0 Å². The Hall–Kier alpha value is -3.47. The molecule has 26 heavy (non-hydrogen) atoms. The van der Waals surface area contributed by atoms with E-state index in [1.807, 2.05) is 42.5 Å². The van der Waals surface area contributed by atoms with Crippen molar-refractivity contribution in [3.8, 4) is 0 Å². The lowest BCUT2D eigenvalue weighted by Crippen LogP contribution is -2.12. The molecule has 3 aromatic rings. The number of aromatic carboxylic acids is 1. The van der Waals surface area contributed by atoms with E-state index in [1.54, 1.807) is 6.92 Å². The summed E-state index contributed by atoms with van der Waals surface area (Å²) in [7, 11) is 0. The van der Waals surface area contributed by atoms with E-state index in [0.717, 1.165) is 34.5 Å². The third-order valence-corrected chi connectivity index (χ3v) is 4.02. The molecule has 0 atom stereocenters. The van der Waals surface area contributed by atoms with Crippen molar-refractivity contribution in [2.45, 2.75) is 6.92 Å². The van der Waals surface area contributed by atoms with E-state index in [-0.39, 0.29) is 11.3 Å². The molecule has 0 fully saturated rings. The van der Waals surface area contributed by atoms with Gasteiger partial charge in [-0.2, -0.15) is 0 Å². The van der Waals surface area contributed by atoms with Crippen LogP contribution in [0.15, 0.2) is 66.7 Å². The molecule has 0 heterocycles. The summed E-state index contributed by atoms with van der Waals surface area (Å²) in [5, 5.41) is 13.7. The average molecular weight is 349 g/mol. The van der Waals surface area contributed by atoms with E-state index in [1.165, 1.54) is 6.08 Å². The molecule has 0 aliphatic heterocycles. The zero-order valence-corrected chi connectivity index (χ0v) is 14.0. The van der Waals surface area contributed by atoms with Gasteiger partial charge in [0.2, 0.25) is 5.91 Å². The van der Waals surface area contributed by atoms with Crippen molar-refractivity contribution >= 4 is 33.9 Å². The topological polar surface area (TPSA) is 66.4 Å². The predicted molar refractivity (Wildman–Crippen MR) is 99.6 cm³/mol. The second kappa shape index (κ2) is 7.19. The molecule has 3 aromatic carbocycles. The molecule has 3 rings (SSSR count). The minimum absolute atomic E-state index is 0.0786. The summed E-state index contributed by atoms with van der Waals surface area (Å²) >= 11 is 0. The minimum atomic E-state index is -1.24. The summed E-state index contributed by atoms with van der Waals surface area (Å²) in [5.41, 5.74) is 1.33. The third kappa shape index (κ3) is 3.78. The van der Waals surface area contributed by atoms with E-state index >= 15 is 0 Å². The molecule has 0 aromatic heterocycles. The number of benzene rings is 3. The number of anilines is 1. The van der Waals surface area contributed by atoms with E-state index in [4.69, 9.17) is 5.11 Å². The number of carboxylic acids is 1. The van der Waals surface area contributed by atoms with Gasteiger partial charge in [0.1, 0.15) is 5.82 Å². The van der Waals surface area contributed by atoms with E-state index in [9.17, 15) is 14.0 Å². The third-order valence-electron chi connectivity index (χ3n) is 4.02. The second-order valence-electron chi connectivity index (χ2n) is 5.87. The molecular formula is C21H16FNO3. The Morgan fingerprint density at radius 2 is 1.73 bits per heavy atom. The summed E-state index contributed by atoms with van der Waals surface area (Å²) in [6, 6.07) is 16.9. The molecule has 0 spiro atoms. The number of allylic oxidation sites excluding steroid dienone is 1. The fraction of sp³-hybridized carbons (Fsp3) is 0.0476. The van der Waals surface area contributed by atoms with Crippen molar-refractivity contribution in [2.24, 2.45) is 0 Å². The summed E-state index contributed by atoms with van der Waals surface area (Å²) in [5.74, 6) is -2.39. The first-order chi connectivity index (χ1) is 12.4. The molecule has 0 saturated heterocycles. The molecule has 4 nitrogen and oxygen atoms in total. The Morgan fingerprint density at radius 1 is 1.00 bits per heavy atom. The molecule has 0 radical (unpaired) electrons. The fourth-order valence-electron chi connectivity index (χ4n) is 2.69. The van der Waals surface area contributed by atoms with Gasteiger partial charge >= 0.3 is 5.97 Å². The number of carbonyl (C=O) groups excluding carboxylic acids is 1. The first-order valence-electron chi connectivity index (χ1n) is 7.95. The van der Waals surface area contributed by atoms with Crippen LogP contribution in [0.3, 0.4) is 0 Å². The number of nitrogens with one attached hydrogen (secondary N) is 1. The van der Waals surface area contributed by atoms with Crippen molar-refractivity contribution in [1.29, 1.82) is 0 Å². The zero-order valence-electron chi connectivity index (χ0n) is 14.0. The number of fused-ring (bicyclic) bond motifs is 1. The van der Waals surface area contributed by atoms with E-state index in [2.05, 4.69) is 5.32 Å². The summed E-state index contributed by atoms with van der Waals surface area (Å²) < 4.78 is 13.4. The highest BCUT2D eigenvalue weighted by Crippen LogP contribution is 2.22. The van der Waals surface area contributed by atoms with Crippen molar-refractivity contribution in [2.75, 3.05) is 5.32 Å². The van der Waals surface area contributed by atoms with Gasteiger partial charge in [0.25, 0.3) is 0 Å². The number of hydrogen-bond acceptors (Lipinski definition) is 2. The maximum atomic E-state index is 13.4. The Balaban J connectivity index is 1.86. The molecule has 0 aliphatic carbocycles. The molecule has 0 saturated carbocycles. The number of carbonyl (C=O) groups is 2. The van der Waals surface area contributed by atoms with Gasteiger partial charge in [-0.3, -0.25) is 4.79 Å². The SMILES string of the molecule is C/C(=C/C(=O)Nc1cc(F)ccc1C(=O)O)c1ccc2ccccc2c1. The lowest BCUT2D eigenvalue weighted by molar-refractivity contribution is -0.111. The van der Waals surface area contributed by atoms with Crippen LogP contribution in [0.25, 0.3) is 16.3 Å². The van der Waals surface area contributed by atoms with Crippen LogP contribution in [0.4, 0.5) is 10.1 Å². The number of amides is 1.